The summed E-state index contributed by atoms with van der Waals surface area (Å²) in [5.74, 6) is -0.229. The molecule has 1 aliphatic rings. The predicted molar refractivity (Wildman–Crippen MR) is 108 cm³/mol. The Labute approximate surface area is 154 Å². The highest BCUT2D eigenvalue weighted by Crippen LogP contribution is 2.33. The van der Waals surface area contributed by atoms with Crippen LogP contribution in [0.25, 0.3) is 10.1 Å². The Morgan fingerprint density at radius 2 is 1.88 bits per heavy atom. The second-order valence-electron chi connectivity index (χ2n) is 5.34. The van der Waals surface area contributed by atoms with Gasteiger partial charge >= 0.3 is 0 Å². The number of thiophene rings is 1. The summed E-state index contributed by atoms with van der Waals surface area (Å²) < 4.78 is 1.17. The molecular weight excluding hydrogens is 332 g/mol. The van der Waals surface area contributed by atoms with Crippen LogP contribution in [0, 0.1) is 0 Å². The van der Waals surface area contributed by atoms with Gasteiger partial charge in [-0.15, -0.1) is 11.3 Å². The first-order valence-electron chi connectivity index (χ1n) is 8.81. The van der Waals surface area contributed by atoms with E-state index in [1.54, 1.807) is 16.2 Å². The van der Waals surface area contributed by atoms with Gasteiger partial charge in [-0.25, -0.2) is 0 Å². The molecule has 1 saturated heterocycles. The molecule has 25 heavy (non-hydrogen) atoms. The van der Waals surface area contributed by atoms with Gasteiger partial charge in [0.05, 0.1) is 5.00 Å². The van der Waals surface area contributed by atoms with Gasteiger partial charge in [0.15, 0.2) is 0 Å². The van der Waals surface area contributed by atoms with Gasteiger partial charge in [-0.1, -0.05) is 58.9 Å². The topological polar surface area (TPSA) is 40.6 Å². The van der Waals surface area contributed by atoms with Crippen molar-refractivity contribution < 1.29 is 9.59 Å². The third-order valence-corrected chi connectivity index (χ3v) is 4.52. The first kappa shape index (κ1) is 20.9. The van der Waals surface area contributed by atoms with E-state index in [1.807, 2.05) is 44.2 Å². The van der Waals surface area contributed by atoms with Gasteiger partial charge in [0, 0.05) is 17.8 Å². The third kappa shape index (κ3) is 5.43. The van der Waals surface area contributed by atoms with Gasteiger partial charge in [-0.05, 0) is 23.6 Å². The van der Waals surface area contributed by atoms with Gasteiger partial charge in [0.2, 0.25) is 11.8 Å². The predicted octanol–water partition coefficient (Wildman–Crippen LogP) is 4.71. The molecule has 1 aliphatic heterocycles. The van der Waals surface area contributed by atoms with Crippen molar-refractivity contribution in [2.24, 2.45) is 0 Å². The summed E-state index contributed by atoms with van der Waals surface area (Å²) in [6, 6.07) is 10.1. The summed E-state index contributed by atoms with van der Waals surface area (Å²) >= 11 is 1.60. The minimum Gasteiger partial charge on any atom is -0.328 e. The molecule has 0 bridgehead atoms. The average Bonchev–Trinajstić information content (AvgIpc) is 3.07. The minimum atomic E-state index is -0.186. The maximum Gasteiger partial charge on any atom is 0.247 e. The van der Waals surface area contributed by atoms with Crippen molar-refractivity contribution in [1.29, 1.82) is 0 Å². The van der Waals surface area contributed by atoms with Crippen LogP contribution in [-0.2, 0) is 9.59 Å². The fourth-order valence-electron chi connectivity index (χ4n) is 2.32. The third-order valence-electron chi connectivity index (χ3n) is 3.39. The Hall–Kier alpha value is -2.14. The number of hydrogen-bond donors (Lipinski definition) is 0. The van der Waals surface area contributed by atoms with Crippen molar-refractivity contribution in [3.05, 3.63) is 43.0 Å². The lowest BCUT2D eigenvalue weighted by Crippen LogP contribution is -2.51. The standard InChI is InChI=1S/C15H14N2O2S.C3H8.C2H6/c1-2-13(18)16-7-8-17(14(19)10-16)15-9-11-5-3-4-6-12(11)20-15;1-3-2;1-2/h2-6,9H,1,7-8,10H2;3H2,1-2H3;1-2H3. The van der Waals surface area contributed by atoms with Crippen molar-refractivity contribution in [3.63, 3.8) is 0 Å². The van der Waals surface area contributed by atoms with E-state index in [4.69, 9.17) is 0 Å². The lowest BCUT2D eigenvalue weighted by molar-refractivity contribution is -0.133. The number of fused-ring (bicyclic) bond motifs is 1. The molecule has 136 valence electrons. The fraction of sp³-hybridized carbons (Fsp3) is 0.400. The van der Waals surface area contributed by atoms with Crippen LogP contribution in [0.4, 0.5) is 5.00 Å². The number of hydrogen-bond acceptors (Lipinski definition) is 3. The largest absolute Gasteiger partial charge is 0.328 e. The minimum absolute atomic E-state index is 0.0435. The Morgan fingerprint density at radius 1 is 1.24 bits per heavy atom. The second-order valence-corrected chi connectivity index (χ2v) is 6.40. The highest BCUT2D eigenvalue weighted by molar-refractivity contribution is 7.23. The average molecular weight is 361 g/mol. The molecule has 0 radical (unpaired) electrons. The Bertz CT molecular complexity index is 676. The zero-order valence-electron chi connectivity index (χ0n) is 15.6. The van der Waals surface area contributed by atoms with E-state index in [2.05, 4.69) is 20.4 Å². The summed E-state index contributed by atoms with van der Waals surface area (Å²) in [4.78, 5) is 27.0. The number of rotatable bonds is 2. The van der Waals surface area contributed by atoms with Crippen LogP contribution in [-0.4, -0.2) is 36.3 Å². The van der Waals surface area contributed by atoms with Crippen LogP contribution in [0.2, 0.25) is 0 Å². The number of benzene rings is 1. The van der Waals surface area contributed by atoms with Crippen molar-refractivity contribution in [1.82, 2.24) is 4.90 Å². The summed E-state index contributed by atoms with van der Waals surface area (Å²) in [5, 5.41) is 2.09. The van der Waals surface area contributed by atoms with Crippen LogP contribution in [0.5, 0.6) is 0 Å². The van der Waals surface area contributed by atoms with Crippen LogP contribution in [0.15, 0.2) is 43.0 Å². The number of carbonyl (C=O) groups is 2. The molecule has 0 N–H and O–H groups in total. The maximum absolute atomic E-state index is 12.2. The Morgan fingerprint density at radius 3 is 2.44 bits per heavy atom. The van der Waals surface area contributed by atoms with E-state index in [9.17, 15) is 9.59 Å². The molecular formula is C20H28N2O2S. The van der Waals surface area contributed by atoms with Crippen LogP contribution in [0.1, 0.15) is 34.1 Å². The van der Waals surface area contributed by atoms with Gasteiger partial charge in [-0.3, -0.25) is 9.59 Å². The molecule has 4 nitrogen and oxygen atoms in total. The molecule has 1 fully saturated rings. The molecule has 2 heterocycles. The molecule has 0 spiro atoms. The van der Waals surface area contributed by atoms with Crippen LogP contribution in [0.3, 0.4) is 0 Å². The second kappa shape index (κ2) is 10.7. The smallest absolute Gasteiger partial charge is 0.247 e. The maximum atomic E-state index is 12.2. The summed E-state index contributed by atoms with van der Waals surface area (Å²) in [7, 11) is 0. The molecule has 1 aromatic heterocycles. The first-order valence-corrected chi connectivity index (χ1v) is 9.62. The van der Waals surface area contributed by atoms with E-state index in [0.717, 1.165) is 10.4 Å². The highest BCUT2D eigenvalue weighted by atomic mass is 32.1. The van der Waals surface area contributed by atoms with E-state index in [-0.39, 0.29) is 18.4 Å². The van der Waals surface area contributed by atoms with Crippen molar-refractivity contribution in [2.45, 2.75) is 34.1 Å². The monoisotopic (exact) mass is 360 g/mol. The Kier molecular flexibility index (Phi) is 8.92. The van der Waals surface area contributed by atoms with Gasteiger partial charge in [0.25, 0.3) is 0 Å². The van der Waals surface area contributed by atoms with Gasteiger partial charge < -0.3 is 9.80 Å². The zero-order valence-corrected chi connectivity index (χ0v) is 16.4. The molecule has 0 aliphatic carbocycles. The van der Waals surface area contributed by atoms with E-state index >= 15 is 0 Å². The molecule has 2 aromatic rings. The highest BCUT2D eigenvalue weighted by Gasteiger charge is 2.27. The molecule has 3 rings (SSSR count). The SMILES string of the molecule is C=CC(=O)N1CCN(c2cc3ccccc3s2)C(=O)C1.CC.CCC. The quantitative estimate of drug-likeness (QED) is 0.728. The lowest BCUT2D eigenvalue weighted by atomic mass is 10.2. The van der Waals surface area contributed by atoms with E-state index in [0.29, 0.717) is 13.1 Å². The van der Waals surface area contributed by atoms with E-state index in [1.165, 1.54) is 22.1 Å². The van der Waals surface area contributed by atoms with Crippen molar-refractivity contribution >= 4 is 38.2 Å². The van der Waals surface area contributed by atoms with E-state index < -0.39 is 0 Å². The summed E-state index contributed by atoms with van der Waals surface area (Å²) in [5.41, 5.74) is 0. The number of amides is 2. The molecule has 1 aromatic carbocycles. The van der Waals surface area contributed by atoms with Crippen LogP contribution < -0.4 is 4.90 Å². The molecule has 5 heteroatoms. The lowest BCUT2D eigenvalue weighted by Gasteiger charge is -2.32. The van der Waals surface area contributed by atoms with Gasteiger partial charge in [0.1, 0.15) is 6.54 Å². The summed E-state index contributed by atoms with van der Waals surface area (Å²) in [6.45, 7) is 12.9. The molecule has 2 amide bonds. The summed E-state index contributed by atoms with van der Waals surface area (Å²) in [6.07, 6.45) is 2.50. The number of carbonyl (C=O) groups excluding carboxylic acids is 2. The van der Waals surface area contributed by atoms with Gasteiger partial charge in [-0.2, -0.15) is 0 Å². The first-order chi connectivity index (χ1) is 12.1. The molecule has 0 saturated carbocycles. The fourth-order valence-corrected chi connectivity index (χ4v) is 3.43. The number of nitrogens with zero attached hydrogens (tertiary/aromatic N) is 2. The number of piperazine rings is 1. The van der Waals surface area contributed by atoms with Crippen molar-refractivity contribution in [2.75, 3.05) is 24.5 Å². The number of anilines is 1. The molecule has 0 atom stereocenters. The normalized spacial score (nSPS) is 13.5. The van der Waals surface area contributed by atoms with Crippen LogP contribution >= 0.6 is 11.3 Å². The Balaban J connectivity index is 0.000000567. The van der Waals surface area contributed by atoms with Crippen molar-refractivity contribution in [3.8, 4) is 0 Å². The molecule has 0 unspecified atom stereocenters. The zero-order chi connectivity index (χ0) is 18.8.